The standard InChI is InChI=1S/C22H25F3N2O4S/c1-31-19-6-2-17(3-7-19)15-27-12-10-16(11-13-27)14-26-21(28)18-4-8-20(9-5-18)32(29,30)22(23,24)25/h2-9,16H,10-15H2,1H3,(H,26,28). The van der Waals surface area contributed by atoms with E-state index in [4.69, 9.17) is 4.74 Å². The number of benzene rings is 2. The first-order chi connectivity index (χ1) is 15.1. The molecule has 32 heavy (non-hydrogen) atoms. The fourth-order valence-electron chi connectivity index (χ4n) is 3.60. The van der Waals surface area contributed by atoms with E-state index in [0.717, 1.165) is 62.5 Å². The molecule has 6 nitrogen and oxygen atoms in total. The molecular formula is C22H25F3N2O4S. The summed E-state index contributed by atoms with van der Waals surface area (Å²) in [5.74, 6) is 0.678. The highest BCUT2D eigenvalue weighted by Gasteiger charge is 2.46. The summed E-state index contributed by atoms with van der Waals surface area (Å²) in [5, 5.41) is 2.79. The van der Waals surface area contributed by atoms with Gasteiger partial charge in [-0.05, 0) is 73.8 Å². The number of alkyl halides is 3. The largest absolute Gasteiger partial charge is 0.501 e. The van der Waals surface area contributed by atoms with Crippen LogP contribution in [0.5, 0.6) is 5.75 Å². The van der Waals surface area contributed by atoms with Gasteiger partial charge in [0.15, 0.2) is 0 Å². The predicted molar refractivity (Wildman–Crippen MR) is 113 cm³/mol. The average Bonchev–Trinajstić information content (AvgIpc) is 2.78. The second kappa shape index (κ2) is 9.91. The number of likely N-dealkylation sites (tertiary alicyclic amines) is 1. The summed E-state index contributed by atoms with van der Waals surface area (Å²) in [5.41, 5.74) is -4.06. The number of carbonyl (C=O) groups excluding carboxylic acids is 1. The van der Waals surface area contributed by atoms with Crippen LogP contribution in [0.15, 0.2) is 53.4 Å². The van der Waals surface area contributed by atoms with Crippen molar-refractivity contribution in [3.05, 3.63) is 59.7 Å². The van der Waals surface area contributed by atoms with Gasteiger partial charge in [-0.3, -0.25) is 9.69 Å². The molecule has 1 N–H and O–H groups in total. The van der Waals surface area contributed by atoms with Crippen molar-refractivity contribution in [3.63, 3.8) is 0 Å². The van der Waals surface area contributed by atoms with Crippen molar-refractivity contribution >= 4 is 15.7 Å². The number of halogens is 3. The minimum Gasteiger partial charge on any atom is -0.497 e. The van der Waals surface area contributed by atoms with E-state index in [2.05, 4.69) is 10.2 Å². The highest BCUT2D eigenvalue weighted by atomic mass is 32.2. The molecule has 0 unspecified atom stereocenters. The van der Waals surface area contributed by atoms with Crippen molar-refractivity contribution < 1.29 is 31.1 Å². The van der Waals surface area contributed by atoms with E-state index < -0.39 is 26.1 Å². The van der Waals surface area contributed by atoms with Crippen LogP contribution >= 0.6 is 0 Å². The summed E-state index contributed by atoms with van der Waals surface area (Å²) < 4.78 is 65.8. The number of sulfone groups is 1. The number of ether oxygens (including phenoxy) is 1. The Morgan fingerprint density at radius 2 is 1.66 bits per heavy atom. The molecule has 0 saturated carbocycles. The molecule has 1 amide bonds. The Morgan fingerprint density at radius 1 is 1.06 bits per heavy atom. The molecule has 0 spiro atoms. The van der Waals surface area contributed by atoms with Crippen LogP contribution < -0.4 is 10.1 Å². The number of rotatable bonds is 7. The molecule has 1 aliphatic heterocycles. The van der Waals surface area contributed by atoms with Crippen molar-refractivity contribution in [2.75, 3.05) is 26.7 Å². The van der Waals surface area contributed by atoms with E-state index in [1.165, 1.54) is 5.56 Å². The van der Waals surface area contributed by atoms with Crippen molar-refractivity contribution in [2.45, 2.75) is 29.8 Å². The monoisotopic (exact) mass is 470 g/mol. The molecule has 0 aromatic heterocycles. The molecule has 3 rings (SSSR count). The summed E-state index contributed by atoms with van der Waals surface area (Å²) in [6, 6.07) is 11.7. The zero-order valence-electron chi connectivity index (χ0n) is 17.6. The van der Waals surface area contributed by atoms with E-state index in [-0.39, 0.29) is 5.56 Å². The Kier molecular flexibility index (Phi) is 7.45. The zero-order valence-corrected chi connectivity index (χ0v) is 18.4. The molecule has 1 saturated heterocycles. The minimum atomic E-state index is -5.42. The highest BCUT2D eigenvalue weighted by molar-refractivity contribution is 7.92. The van der Waals surface area contributed by atoms with Gasteiger partial charge < -0.3 is 10.1 Å². The molecule has 2 aromatic carbocycles. The molecule has 1 heterocycles. The third-order valence-corrected chi connectivity index (χ3v) is 7.06. The maximum atomic E-state index is 12.6. The Labute approximate surface area is 185 Å². The first-order valence-electron chi connectivity index (χ1n) is 10.1. The summed E-state index contributed by atoms with van der Waals surface area (Å²) in [7, 11) is -3.79. The number of hydrogen-bond donors (Lipinski definition) is 1. The first kappa shape index (κ1) is 24.1. The lowest BCUT2D eigenvalue weighted by Gasteiger charge is -2.32. The zero-order chi connectivity index (χ0) is 23.4. The van der Waals surface area contributed by atoms with Gasteiger partial charge >= 0.3 is 5.51 Å². The molecule has 2 aromatic rings. The van der Waals surface area contributed by atoms with Gasteiger partial charge in [-0.1, -0.05) is 12.1 Å². The van der Waals surface area contributed by atoms with Gasteiger partial charge in [0.2, 0.25) is 0 Å². The Balaban J connectivity index is 1.45. The van der Waals surface area contributed by atoms with Gasteiger partial charge in [0.25, 0.3) is 15.7 Å². The molecule has 0 bridgehead atoms. The topological polar surface area (TPSA) is 75.7 Å². The quantitative estimate of drug-likeness (QED) is 0.669. The summed E-state index contributed by atoms with van der Waals surface area (Å²) in [4.78, 5) is 13.8. The summed E-state index contributed by atoms with van der Waals surface area (Å²) in [6.45, 7) is 3.10. The van der Waals surface area contributed by atoms with E-state index in [1.54, 1.807) is 7.11 Å². The normalized spacial score (nSPS) is 16.0. The van der Waals surface area contributed by atoms with Crippen LogP contribution in [0.1, 0.15) is 28.8 Å². The second-order valence-electron chi connectivity index (χ2n) is 7.75. The molecule has 0 aliphatic carbocycles. The highest BCUT2D eigenvalue weighted by Crippen LogP contribution is 2.30. The molecule has 10 heteroatoms. The lowest BCUT2D eigenvalue weighted by Crippen LogP contribution is -2.38. The third kappa shape index (κ3) is 5.80. The van der Waals surface area contributed by atoms with Crippen LogP contribution in [0, 0.1) is 5.92 Å². The minimum absolute atomic E-state index is 0.114. The van der Waals surface area contributed by atoms with E-state index in [0.29, 0.717) is 12.5 Å². The van der Waals surface area contributed by atoms with Gasteiger partial charge in [-0.2, -0.15) is 13.2 Å². The number of hydrogen-bond acceptors (Lipinski definition) is 5. The van der Waals surface area contributed by atoms with Gasteiger partial charge in [0.05, 0.1) is 12.0 Å². The van der Waals surface area contributed by atoms with Gasteiger partial charge in [-0.15, -0.1) is 0 Å². The van der Waals surface area contributed by atoms with Gasteiger partial charge in [0.1, 0.15) is 5.75 Å². The fraction of sp³-hybridized carbons (Fsp3) is 0.409. The van der Waals surface area contributed by atoms with E-state index >= 15 is 0 Å². The van der Waals surface area contributed by atoms with Crippen molar-refractivity contribution in [2.24, 2.45) is 5.92 Å². The second-order valence-corrected chi connectivity index (χ2v) is 9.69. The lowest BCUT2D eigenvalue weighted by molar-refractivity contribution is -0.0436. The van der Waals surface area contributed by atoms with Crippen LogP contribution in [0.2, 0.25) is 0 Å². The van der Waals surface area contributed by atoms with Crippen molar-refractivity contribution in [3.8, 4) is 5.75 Å². The van der Waals surface area contributed by atoms with Crippen LogP contribution in [0.3, 0.4) is 0 Å². The van der Waals surface area contributed by atoms with Crippen LogP contribution in [0.4, 0.5) is 13.2 Å². The molecular weight excluding hydrogens is 445 g/mol. The maximum Gasteiger partial charge on any atom is 0.501 e. The first-order valence-corrected chi connectivity index (χ1v) is 11.6. The molecule has 0 radical (unpaired) electrons. The van der Waals surface area contributed by atoms with Crippen molar-refractivity contribution in [1.29, 1.82) is 0 Å². The summed E-state index contributed by atoms with van der Waals surface area (Å²) in [6.07, 6.45) is 1.83. The number of carbonyl (C=O) groups is 1. The third-order valence-electron chi connectivity index (χ3n) is 5.56. The number of piperidine rings is 1. The smallest absolute Gasteiger partial charge is 0.497 e. The molecule has 174 valence electrons. The Hall–Kier alpha value is -2.59. The Morgan fingerprint density at radius 3 is 2.19 bits per heavy atom. The van der Waals surface area contributed by atoms with Gasteiger partial charge in [0, 0.05) is 18.7 Å². The number of nitrogens with zero attached hydrogens (tertiary/aromatic N) is 1. The predicted octanol–water partition coefficient (Wildman–Crippen LogP) is 3.63. The van der Waals surface area contributed by atoms with Crippen LogP contribution in [-0.2, 0) is 16.4 Å². The number of methoxy groups -OCH3 is 1. The summed E-state index contributed by atoms with van der Waals surface area (Å²) >= 11 is 0. The van der Waals surface area contributed by atoms with Gasteiger partial charge in [-0.25, -0.2) is 8.42 Å². The number of nitrogens with one attached hydrogen (secondary N) is 1. The molecule has 1 aliphatic rings. The Bertz CT molecular complexity index is 1010. The maximum absolute atomic E-state index is 12.6. The molecule has 0 atom stereocenters. The van der Waals surface area contributed by atoms with E-state index in [9.17, 15) is 26.4 Å². The fourth-order valence-corrected chi connectivity index (χ4v) is 4.36. The van der Waals surface area contributed by atoms with Crippen LogP contribution in [-0.4, -0.2) is 51.5 Å². The van der Waals surface area contributed by atoms with E-state index in [1.807, 2.05) is 24.3 Å². The average molecular weight is 471 g/mol. The van der Waals surface area contributed by atoms with Crippen molar-refractivity contribution in [1.82, 2.24) is 10.2 Å². The lowest BCUT2D eigenvalue weighted by atomic mass is 9.96. The number of amides is 1. The molecule has 1 fully saturated rings. The van der Waals surface area contributed by atoms with Crippen LogP contribution in [0.25, 0.3) is 0 Å². The SMILES string of the molecule is COc1ccc(CN2CCC(CNC(=O)c3ccc(S(=O)(=O)C(F)(F)F)cc3)CC2)cc1.